The highest BCUT2D eigenvalue weighted by molar-refractivity contribution is 7.98. The standard InChI is InChI=1S/C15H26N2S/c1-12(14-5-7-15(16)8-6-14)9-10-17(3)13(2)11-18-4/h5-8,12-13H,9-11,16H2,1-4H3. The Bertz CT molecular complexity index is 337. The van der Waals surface area contributed by atoms with Crippen molar-refractivity contribution in [3.05, 3.63) is 29.8 Å². The molecule has 0 aliphatic carbocycles. The van der Waals surface area contributed by atoms with Crippen LogP contribution in [0.1, 0.15) is 31.7 Å². The Hall–Kier alpha value is -0.670. The van der Waals surface area contributed by atoms with Crippen molar-refractivity contribution in [2.75, 3.05) is 31.3 Å². The summed E-state index contributed by atoms with van der Waals surface area (Å²) in [6.07, 6.45) is 3.36. The molecule has 18 heavy (non-hydrogen) atoms. The third-order valence-corrected chi connectivity index (χ3v) is 4.40. The van der Waals surface area contributed by atoms with Crippen LogP contribution in [0, 0.1) is 0 Å². The zero-order chi connectivity index (χ0) is 13.5. The van der Waals surface area contributed by atoms with Crippen LogP contribution in [0.15, 0.2) is 24.3 Å². The Balaban J connectivity index is 2.41. The van der Waals surface area contributed by atoms with Crippen molar-refractivity contribution in [2.45, 2.75) is 32.2 Å². The van der Waals surface area contributed by atoms with Crippen LogP contribution in [0.5, 0.6) is 0 Å². The Labute approximate surface area is 116 Å². The minimum Gasteiger partial charge on any atom is -0.399 e. The van der Waals surface area contributed by atoms with Crippen LogP contribution in [-0.4, -0.2) is 36.5 Å². The quantitative estimate of drug-likeness (QED) is 0.767. The lowest BCUT2D eigenvalue weighted by Gasteiger charge is -2.25. The summed E-state index contributed by atoms with van der Waals surface area (Å²) in [7, 11) is 2.22. The monoisotopic (exact) mass is 266 g/mol. The predicted octanol–water partition coefficient (Wildman–Crippen LogP) is 3.45. The summed E-state index contributed by atoms with van der Waals surface area (Å²) >= 11 is 1.91. The van der Waals surface area contributed by atoms with Crippen LogP contribution in [0.25, 0.3) is 0 Å². The molecular weight excluding hydrogens is 240 g/mol. The van der Waals surface area contributed by atoms with Gasteiger partial charge in [-0.05, 0) is 56.8 Å². The summed E-state index contributed by atoms with van der Waals surface area (Å²) in [5.74, 6) is 1.79. The molecule has 0 aliphatic rings. The highest BCUT2D eigenvalue weighted by Crippen LogP contribution is 2.20. The molecule has 0 aromatic heterocycles. The van der Waals surface area contributed by atoms with Crippen LogP contribution in [0.4, 0.5) is 5.69 Å². The first kappa shape index (κ1) is 15.4. The van der Waals surface area contributed by atoms with E-state index in [1.807, 2.05) is 23.9 Å². The zero-order valence-corrected chi connectivity index (χ0v) is 12.8. The summed E-state index contributed by atoms with van der Waals surface area (Å²) in [4.78, 5) is 2.45. The molecule has 0 saturated heterocycles. The number of nitrogen functional groups attached to an aromatic ring is 1. The zero-order valence-electron chi connectivity index (χ0n) is 12.0. The van der Waals surface area contributed by atoms with E-state index in [0.29, 0.717) is 12.0 Å². The number of hydrogen-bond donors (Lipinski definition) is 1. The minimum absolute atomic E-state index is 0.592. The van der Waals surface area contributed by atoms with Gasteiger partial charge in [0.25, 0.3) is 0 Å². The first-order chi connectivity index (χ1) is 8.54. The van der Waals surface area contributed by atoms with Gasteiger partial charge in [-0.3, -0.25) is 0 Å². The van der Waals surface area contributed by atoms with E-state index in [1.54, 1.807) is 0 Å². The first-order valence-corrected chi connectivity index (χ1v) is 7.98. The van der Waals surface area contributed by atoms with Gasteiger partial charge in [0.1, 0.15) is 0 Å². The van der Waals surface area contributed by atoms with E-state index in [-0.39, 0.29) is 0 Å². The molecule has 0 radical (unpaired) electrons. The van der Waals surface area contributed by atoms with E-state index in [2.05, 4.69) is 44.2 Å². The lowest BCUT2D eigenvalue weighted by Crippen LogP contribution is -2.32. The van der Waals surface area contributed by atoms with Crippen LogP contribution in [-0.2, 0) is 0 Å². The van der Waals surface area contributed by atoms with Gasteiger partial charge in [-0.25, -0.2) is 0 Å². The van der Waals surface area contributed by atoms with Crippen molar-refractivity contribution in [1.82, 2.24) is 4.90 Å². The molecule has 1 rings (SSSR count). The third kappa shape index (κ3) is 4.91. The van der Waals surface area contributed by atoms with E-state index < -0.39 is 0 Å². The highest BCUT2D eigenvalue weighted by Gasteiger charge is 2.11. The van der Waals surface area contributed by atoms with Gasteiger partial charge in [-0.2, -0.15) is 11.8 Å². The minimum atomic E-state index is 0.592. The Morgan fingerprint density at radius 3 is 2.39 bits per heavy atom. The van der Waals surface area contributed by atoms with Crippen LogP contribution in [0.3, 0.4) is 0 Å². The number of hydrogen-bond acceptors (Lipinski definition) is 3. The lowest BCUT2D eigenvalue weighted by atomic mass is 9.97. The van der Waals surface area contributed by atoms with Crippen LogP contribution in [0.2, 0.25) is 0 Å². The van der Waals surface area contributed by atoms with Crippen molar-refractivity contribution in [1.29, 1.82) is 0 Å². The maximum absolute atomic E-state index is 5.71. The van der Waals surface area contributed by atoms with Gasteiger partial charge in [-0.1, -0.05) is 19.1 Å². The summed E-state index contributed by atoms with van der Waals surface area (Å²) < 4.78 is 0. The first-order valence-electron chi connectivity index (χ1n) is 6.59. The van der Waals surface area contributed by atoms with E-state index in [0.717, 1.165) is 12.2 Å². The number of thioether (sulfide) groups is 1. The van der Waals surface area contributed by atoms with E-state index in [4.69, 9.17) is 5.73 Å². The fourth-order valence-corrected chi connectivity index (χ4v) is 2.71. The van der Waals surface area contributed by atoms with Gasteiger partial charge in [0, 0.05) is 17.5 Å². The second-order valence-electron chi connectivity index (χ2n) is 5.14. The van der Waals surface area contributed by atoms with E-state index in [1.165, 1.54) is 17.7 Å². The number of anilines is 1. The second-order valence-corrected chi connectivity index (χ2v) is 6.05. The number of nitrogens with zero attached hydrogens (tertiary/aromatic N) is 1. The van der Waals surface area contributed by atoms with E-state index in [9.17, 15) is 0 Å². The molecule has 0 heterocycles. The predicted molar refractivity (Wildman–Crippen MR) is 84.4 cm³/mol. The summed E-state index contributed by atoms with van der Waals surface area (Å²) in [6, 6.07) is 8.92. The fourth-order valence-electron chi connectivity index (χ4n) is 1.98. The summed E-state index contributed by atoms with van der Waals surface area (Å²) in [6.45, 7) is 5.73. The molecular formula is C15H26N2S. The SMILES string of the molecule is CSCC(C)N(C)CCC(C)c1ccc(N)cc1. The molecule has 102 valence electrons. The topological polar surface area (TPSA) is 29.3 Å². The molecule has 0 bridgehead atoms. The highest BCUT2D eigenvalue weighted by atomic mass is 32.2. The third-order valence-electron chi connectivity index (χ3n) is 3.58. The Morgan fingerprint density at radius 2 is 1.83 bits per heavy atom. The molecule has 1 aromatic rings. The van der Waals surface area contributed by atoms with Crippen LogP contribution >= 0.6 is 11.8 Å². The summed E-state index contributed by atoms with van der Waals surface area (Å²) in [5.41, 5.74) is 7.94. The Morgan fingerprint density at radius 1 is 1.22 bits per heavy atom. The van der Waals surface area contributed by atoms with Gasteiger partial charge >= 0.3 is 0 Å². The van der Waals surface area contributed by atoms with Gasteiger partial charge in [0.2, 0.25) is 0 Å². The molecule has 1 aromatic carbocycles. The van der Waals surface area contributed by atoms with Crippen molar-refractivity contribution < 1.29 is 0 Å². The molecule has 0 aliphatic heterocycles. The molecule has 0 amide bonds. The van der Waals surface area contributed by atoms with Crippen molar-refractivity contribution in [3.8, 4) is 0 Å². The maximum atomic E-state index is 5.71. The average molecular weight is 266 g/mol. The van der Waals surface area contributed by atoms with Gasteiger partial charge in [-0.15, -0.1) is 0 Å². The van der Waals surface area contributed by atoms with Crippen LogP contribution < -0.4 is 5.73 Å². The molecule has 2 unspecified atom stereocenters. The van der Waals surface area contributed by atoms with Crippen molar-refractivity contribution >= 4 is 17.4 Å². The van der Waals surface area contributed by atoms with Crippen molar-refractivity contribution in [2.24, 2.45) is 0 Å². The largest absolute Gasteiger partial charge is 0.399 e. The molecule has 0 spiro atoms. The average Bonchev–Trinajstić information content (AvgIpc) is 2.36. The molecule has 3 heteroatoms. The maximum Gasteiger partial charge on any atom is 0.0314 e. The molecule has 2 atom stereocenters. The second kappa shape index (κ2) is 7.70. The van der Waals surface area contributed by atoms with E-state index >= 15 is 0 Å². The number of benzene rings is 1. The molecule has 0 saturated carbocycles. The molecule has 2 N–H and O–H groups in total. The van der Waals surface area contributed by atoms with Gasteiger partial charge in [0.05, 0.1) is 0 Å². The number of nitrogens with two attached hydrogens (primary N) is 1. The molecule has 0 fully saturated rings. The number of rotatable bonds is 7. The van der Waals surface area contributed by atoms with Gasteiger partial charge < -0.3 is 10.6 Å². The summed E-state index contributed by atoms with van der Waals surface area (Å²) in [5, 5.41) is 0. The van der Waals surface area contributed by atoms with Gasteiger partial charge in [0.15, 0.2) is 0 Å². The Kier molecular flexibility index (Phi) is 6.58. The van der Waals surface area contributed by atoms with Crippen molar-refractivity contribution in [3.63, 3.8) is 0 Å². The normalized spacial score (nSPS) is 14.7. The fraction of sp³-hybridized carbons (Fsp3) is 0.600. The lowest BCUT2D eigenvalue weighted by molar-refractivity contribution is 0.268. The molecule has 2 nitrogen and oxygen atoms in total. The smallest absolute Gasteiger partial charge is 0.0314 e.